The first kappa shape index (κ1) is 17.5. The third-order valence-corrected chi connectivity index (χ3v) is 5.40. The minimum absolute atomic E-state index is 0.193. The molecule has 0 radical (unpaired) electrons. The van der Waals surface area contributed by atoms with Gasteiger partial charge in [0.25, 0.3) is 0 Å². The molecule has 0 amide bonds. The number of hydrogen-bond donors (Lipinski definition) is 1. The Morgan fingerprint density at radius 1 is 1.25 bits per heavy atom. The number of aryl methyl sites for hydroxylation is 1. The lowest BCUT2D eigenvalue weighted by molar-refractivity contribution is 0.0504. The molecule has 1 aromatic heterocycles. The maximum Gasteiger partial charge on any atom is 0.123 e. The van der Waals surface area contributed by atoms with E-state index in [4.69, 9.17) is 0 Å². The Balaban J connectivity index is 1.61. The van der Waals surface area contributed by atoms with E-state index in [1.807, 2.05) is 25.3 Å². The van der Waals surface area contributed by atoms with Crippen LogP contribution in [-0.4, -0.2) is 52.2 Å². The van der Waals surface area contributed by atoms with Crippen LogP contribution < -0.4 is 0 Å². The van der Waals surface area contributed by atoms with Gasteiger partial charge in [0.05, 0.1) is 5.01 Å². The van der Waals surface area contributed by atoms with Gasteiger partial charge in [0, 0.05) is 56.4 Å². The van der Waals surface area contributed by atoms with Crippen molar-refractivity contribution in [1.82, 2.24) is 14.8 Å². The zero-order valence-electron chi connectivity index (χ0n) is 14.0. The van der Waals surface area contributed by atoms with E-state index in [2.05, 4.69) is 14.8 Å². The lowest BCUT2D eigenvalue weighted by Crippen LogP contribution is -2.52. The predicted molar refractivity (Wildman–Crippen MR) is 94.4 cm³/mol. The van der Waals surface area contributed by atoms with Crippen molar-refractivity contribution in [3.63, 3.8) is 0 Å². The van der Waals surface area contributed by atoms with Gasteiger partial charge in [-0.1, -0.05) is 12.1 Å². The van der Waals surface area contributed by atoms with Crippen LogP contribution in [0.2, 0.25) is 0 Å². The number of aliphatic hydroxyl groups excluding tert-OH is 1. The molecule has 4 nitrogen and oxygen atoms in total. The normalized spacial score (nSPS) is 19.7. The fourth-order valence-corrected chi connectivity index (χ4v) is 4.09. The highest BCUT2D eigenvalue weighted by molar-refractivity contribution is 7.11. The molecule has 2 aromatic rings. The minimum Gasteiger partial charge on any atom is -0.396 e. The highest BCUT2D eigenvalue weighted by Crippen LogP contribution is 2.20. The average molecular weight is 349 g/mol. The van der Waals surface area contributed by atoms with E-state index in [0.717, 1.165) is 49.7 Å². The van der Waals surface area contributed by atoms with Crippen molar-refractivity contribution in [2.45, 2.75) is 32.5 Å². The number of benzene rings is 1. The molecule has 0 unspecified atom stereocenters. The zero-order valence-corrected chi connectivity index (χ0v) is 14.8. The Kier molecular flexibility index (Phi) is 5.94. The number of halogens is 1. The van der Waals surface area contributed by atoms with E-state index < -0.39 is 0 Å². The fraction of sp³-hybridized carbons (Fsp3) is 0.500. The van der Waals surface area contributed by atoms with Crippen molar-refractivity contribution >= 4 is 11.3 Å². The number of aliphatic hydroxyl groups is 1. The Bertz CT molecular complexity index is 646. The van der Waals surface area contributed by atoms with Crippen LogP contribution in [0.3, 0.4) is 0 Å². The highest BCUT2D eigenvalue weighted by Gasteiger charge is 2.26. The topological polar surface area (TPSA) is 39.6 Å². The first-order valence-corrected chi connectivity index (χ1v) is 9.18. The van der Waals surface area contributed by atoms with Gasteiger partial charge in [0.2, 0.25) is 0 Å². The van der Waals surface area contributed by atoms with Crippen molar-refractivity contribution in [3.8, 4) is 0 Å². The smallest absolute Gasteiger partial charge is 0.123 e. The zero-order chi connectivity index (χ0) is 16.9. The molecule has 3 rings (SSSR count). The van der Waals surface area contributed by atoms with E-state index >= 15 is 0 Å². The molecule has 1 aliphatic heterocycles. The maximum absolute atomic E-state index is 13.1. The summed E-state index contributed by atoms with van der Waals surface area (Å²) in [4.78, 5) is 10.5. The minimum atomic E-state index is -0.199. The molecule has 1 fully saturated rings. The van der Waals surface area contributed by atoms with E-state index in [0.29, 0.717) is 6.04 Å². The summed E-state index contributed by atoms with van der Waals surface area (Å²) in [7, 11) is 0. The van der Waals surface area contributed by atoms with Crippen LogP contribution in [0.1, 0.15) is 21.9 Å². The number of rotatable bonds is 6. The van der Waals surface area contributed by atoms with Gasteiger partial charge in [-0.3, -0.25) is 9.80 Å². The Hall–Kier alpha value is -1.34. The summed E-state index contributed by atoms with van der Waals surface area (Å²) in [6.07, 6.45) is 2.73. The van der Waals surface area contributed by atoms with Crippen LogP contribution in [0, 0.1) is 12.7 Å². The largest absolute Gasteiger partial charge is 0.396 e. The molecule has 1 saturated heterocycles. The van der Waals surface area contributed by atoms with E-state index in [1.165, 1.54) is 17.0 Å². The van der Waals surface area contributed by atoms with E-state index in [9.17, 15) is 9.50 Å². The van der Waals surface area contributed by atoms with Gasteiger partial charge >= 0.3 is 0 Å². The molecule has 1 aliphatic rings. The molecule has 1 N–H and O–H groups in total. The first-order chi connectivity index (χ1) is 11.6. The van der Waals surface area contributed by atoms with Crippen LogP contribution in [0.25, 0.3) is 0 Å². The highest BCUT2D eigenvalue weighted by atomic mass is 32.1. The molecular weight excluding hydrogens is 325 g/mol. The Morgan fingerprint density at radius 2 is 2.04 bits per heavy atom. The molecule has 6 heteroatoms. The van der Waals surface area contributed by atoms with Gasteiger partial charge in [0.15, 0.2) is 0 Å². The molecule has 0 spiro atoms. The molecule has 1 aromatic carbocycles. The molecule has 0 bridgehead atoms. The summed E-state index contributed by atoms with van der Waals surface area (Å²) >= 11 is 1.75. The lowest BCUT2D eigenvalue weighted by atomic mass is 10.1. The molecule has 1 atom stereocenters. The molecule has 24 heavy (non-hydrogen) atoms. The van der Waals surface area contributed by atoms with E-state index in [-0.39, 0.29) is 12.4 Å². The SMILES string of the molecule is Cc1ncc(CN2CCN(Cc3ccc(F)cc3)[C@@H](CCO)C2)s1. The fourth-order valence-electron chi connectivity index (χ4n) is 3.26. The van der Waals surface area contributed by atoms with Crippen LogP contribution in [-0.2, 0) is 13.1 Å². The maximum atomic E-state index is 13.1. The first-order valence-electron chi connectivity index (χ1n) is 8.37. The van der Waals surface area contributed by atoms with Gasteiger partial charge < -0.3 is 5.11 Å². The van der Waals surface area contributed by atoms with Crippen molar-refractivity contribution in [3.05, 3.63) is 51.7 Å². The second-order valence-corrected chi connectivity index (χ2v) is 7.66. The third-order valence-electron chi connectivity index (χ3n) is 4.50. The standard InChI is InChI=1S/C18H24FN3OS/c1-14-20-10-18(24-14)13-21-7-8-22(17(12-21)6-9-23)11-15-2-4-16(19)5-3-15/h2-5,10,17,23H,6-9,11-13H2,1H3/t17-/m0/s1. The van der Waals surface area contributed by atoms with Gasteiger partial charge in [0.1, 0.15) is 5.82 Å². The van der Waals surface area contributed by atoms with Crippen LogP contribution in [0.5, 0.6) is 0 Å². The number of hydrogen-bond acceptors (Lipinski definition) is 5. The predicted octanol–water partition coefficient (Wildman–Crippen LogP) is 2.66. The van der Waals surface area contributed by atoms with Gasteiger partial charge in [-0.05, 0) is 31.0 Å². The Morgan fingerprint density at radius 3 is 2.71 bits per heavy atom. The van der Waals surface area contributed by atoms with Crippen LogP contribution >= 0.6 is 11.3 Å². The lowest BCUT2D eigenvalue weighted by Gasteiger charge is -2.41. The molecule has 2 heterocycles. The summed E-state index contributed by atoms with van der Waals surface area (Å²) in [6, 6.07) is 7.04. The molecule has 0 saturated carbocycles. The van der Waals surface area contributed by atoms with Gasteiger partial charge in [-0.15, -0.1) is 11.3 Å². The van der Waals surface area contributed by atoms with Gasteiger partial charge in [-0.2, -0.15) is 0 Å². The molecular formula is C18H24FN3OS. The molecule has 0 aliphatic carbocycles. The van der Waals surface area contributed by atoms with Crippen molar-refractivity contribution in [1.29, 1.82) is 0 Å². The van der Waals surface area contributed by atoms with E-state index in [1.54, 1.807) is 11.3 Å². The monoisotopic (exact) mass is 349 g/mol. The van der Waals surface area contributed by atoms with Crippen LogP contribution in [0.4, 0.5) is 4.39 Å². The summed E-state index contributed by atoms with van der Waals surface area (Å²) < 4.78 is 13.1. The summed E-state index contributed by atoms with van der Waals surface area (Å²) in [5.41, 5.74) is 1.12. The average Bonchev–Trinajstić information content (AvgIpc) is 2.97. The van der Waals surface area contributed by atoms with Crippen molar-refractivity contribution in [2.75, 3.05) is 26.2 Å². The van der Waals surface area contributed by atoms with Crippen LogP contribution in [0.15, 0.2) is 30.5 Å². The number of piperazine rings is 1. The van der Waals surface area contributed by atoms with Crippen molar-refractivity contribution in [2.24, 2.45) is 0 Å². The third kappa shape index (κ3) is 4.60. The molecule has 130 valence electrons. The second-order valence-electron chi connectivity index (χ2n) is 6.34. The number of aromatic nitrogens is 1. The number of thiazole rings is 1. The van der Waals surface area contributed by atoms with Crippen molar-refractivity contribution < 1.29 is 9.50 Å². The Labute approximate surface area is 146 Å². The summed E-state index contributed by atoms with van der Waals surface area (Å²) in [6.45, 7) is 6.86. The quantitative estimate of drug-likeness (QED) is 0.870. The number of nitrogens with zero attached hydrogens (tertiary/aromatic N) is 3. The summed E-state index contributed by atoms with van der Waals surface area (Å²) in [5.74, 6) is -0.199. The second kappa shape index (κ2) is 8.16. The van der Waals surface area contributed by atoms with Gasteiger partial charge in [-0.25, -0.2) is 9.37 Å². The summed E-state index contributed by atoms with van der Waals surface area (Å²) in [5, 5.41) is 10.5.